The topological polar surface area (TPSA) is 64.6 Å². The quantitative estimate of drug-likeness (QED) is 0.720. The zero-order chi connectivity index (χ0) is 17.2. The van der Waals surface area contributed by atoms with Crippen molar-refractivity contribution >= 4 is 27.3 Å². The summed E-state index contributed by atoms with van der Waals surface area (Å²) in [6.45, 7) is 1.20. The van der Waals surface area contributed by atoms with Gasteiger partial charge < -0.3 is 14.4 Å². The van der Waals surface area contributed by atoms with Gasteiger partial charge in [-0.2, -0.15) is 0 Å². The van der Waals surface area contributed by atoms with Crippen LogP contribution in [-0.2, 0) is 0 Å². The van der Waals surface area contributed by atoms with E-state index in [1.165, 1.54) is 18.4 Å². The van der Waals surface area contributed by atoms with Gasteiger partial charge >= 0.3 is 0 Å². The van der Waals surface area contributed by atoms with Crippen molar-refractivity contribution < 1.29 is 14.3 Å². The van der Waals surface area contributed by atoms with Crippen molar-refractivity contribution in [3.05, 3.63) is 47.6 Å². The molecule has 0 radical (unpaired) electrons. The Hall–Kier alpha value is -2.67. The van der Waals surface area contributed by atoms with Gasteiger partial charge in [-0.15, -0.1) is 11.3 Å². The number of amides is 1. The second-order valence-electron chi connectivity index (χ2n) is 5.80. The molecule has 1 aromatic carbocycles. The van der Waals surface area contributed by atoms with E-state index >= 15 is 0 Å². The summed E-state index contributed by atoms with van der Waals surface area (Å²) in [5.41, 5.74) is 0. The number of ether oxygens (including phenoxy) is 2. The average molecular weight is 355 g/mol. The second-order valence-corrected chi connectivity index (χ2v) is 6.88. The minimum absolute atomic E-state index is 0.0541. The van der Waals surface area contributed by atoms with Crippen LogP contribution in [0.2, 0.25) is 0 Å². The Morgan fingerprint density at radius 2 is 2.04 bits per heavy atom. The number of benzene rings is 1. The molecular formula is C18H17N3O3S. The lowest BCUT2D eigenvalue weighted by molar-refractivity contribution is 0.0775. The number of likely N-dealkylation sites (tertiary alicyclic amines) is 1. The Morgan fingerprint density at radius 3 is 2.84 bits per heavy atom. The molecule has 6 nitrogen and oxygen atoms in total. The third-order valence-corrected chi connectivity index (χ3v) is 5.28. The molecule has 1 saturated heterocycles. The fourth-order valence-electron chi connectivity index (χ4n) is 2.94. The lowest BCUT2D eigenvalue weighted by Crippen LogP contribution is -2.30. The van der Waals surface area contributed by atoms with Crippen LogP contribution in [-0.4, -0.2) is 47.1 Å². The molecule has 25 heavy (non-hydrogen) atoms. The minimum Gasteiger partial charge on any atom is -0.477 e. The molecule has 0 aliphatic carbocycles. The molecule has 1 atom stereocenters. The summed E-state index contributed by atoms with van der Waals surface area (Å²) >= 11 is 1.53. The van der Waals surface area contributed by atoms with Gasteiger partial charge in [0.1, 0.15) is 6.10 Å². The molecular weight excluding hydrogens is 338 g/mol. The summed E-state index contributed by atoms with van der Waals surface area (Å²) in [4.78, 5) is 23.6. The van der Waals surface area contributed by atoms with Crippen LogP contribution in [0.15, 0.2) is 42.7 Å². The summed E-state index contributed by atoms with van der Waals surface area (Å²) in [6, 6.07) is 9.99. The van der Waals surface area contributed by atoms with Crippen LogP contribution in [0, 0.1) is 0 Å². The normalized spacial score (nSPS) is 17.0. The van der Waals surface area contributed by atoms with Crippen LogP contribution >= 0.6 is 11.3 Å². The summed E-state index contributed by atoms with van der Waals surface area (Å²) in [5.74, 6) is 0.779. The van der Waals surface area contributed by atoms with Crippen LogP contribution in [0.5, 0.6) is 11.8 Å². The predicted octanol–water partition coefficient (Wildman–Crippen LogP) is 2.99. The van der Waals surface area contributed by atoms with E-state index in [1.807, 2.05) is 35.2 Å². The van der Waals surface area contributed by atoms with E-state index in [1.54, 1.807) is 12.4 Å². The van der Waals surface area contributed by atoms with Gasteiger partial charge in [0.05, 0.1) is 18.5 Å². The predicted molar refractivity (Wildman–Crippen MR) is 95.3 cm³/mol. The maximum atomic E-state index is 12.8. The van der Waals surface area contributed by atoms with Gasteiger partial charge in [-0.3, -0.25) is 4.79 Å². The van der Waals surface area contributed by atoms with Crippen molar-refractivity contribution in [2.45, 2.75) is 12.5 Å². The largest absolute Gasteiger partial charge is 0.477 e. The maximum absolute atomic E-state index is 12.8. The van der Waals surface area contributed by atoms with E-state index in [4.69, 9.17) is 9.47 Å². The smallest absolute Gasteiger partial charge is 0.278 e. The SMILES string of the molecule is COc1nccnc1OC1CCN(C(=O)c2cc3ccccc3s2)C1. The van der Waals surface area contributed by atoms with Gasteiger partial charge in [0.25, 0.3) is 17.7 Å². The lowest BCUT2D eigenvalue weighted by Gasteiger charge is -2.16. The first kappa shape index (κ1) is 15.8. The molecule has 1 amide bonds. The fourth-order valence-corrected chi connectivity index (χ4v) is 3.97. The molecule has 1 fully saturated rings. The number of hydrogen-bond donors (Lipinski definition) is 0. The molecule has 3 heterocycles. The molecule has 1 unspecified atom stereocenters. The summed E-state index contributed by atoms with van der Waals surface area (Å²) < 4.78 is 12.2. The molecule has 0 spiro atoms. The first-order valence-corrected chi connectivity index (χ1v) is 8.86. The van der Waals surface area contributed by atoms with Gasteiger partial charge in [0, 0.05) is 30.1 Å². The van der Waals surface area contributed by atoms with Crippen LogP contribution in [0.4, 0.5) is 0 Å². The average Bonchev–Trinajstić information content (AvgIpc) is 3.28. The number of carbonyl (C=O) groups is 1. The lowest BCUT2D eigenvalue weighted by atomic mass is 10.2. The monoisotopic (exact) mass is 355 g/mol. The highest BCUT2D eigenvalue weighted by Crippen LogP contribution is 2.28. The van der Waals surface area contributed by atoms with Gasteiger partial charge in [0.15, 0.2) is 0 Å². The Labute approximate surface area is 149 Å². The van der Waals surface area contributed by atoms with Gasteiger partial charge in [-0.25, -0.2) is 9.97 Å². The number of hydrogen-bond acceptors (Lipinski definition) is 6. The van der Waals surface area contributed by atoms with E-state index < -0.39 is 0 Å². The van der Waals surface area contributed by atoms with Gasteiger partial charge in [0.2, 0.25) is 0 Å². The molecule has 0 saturated carbocycles. The van der Waals surface area contributed by atoms with E-state index in [-0.39, 0.29) is 12.0 Å². The molecule has 4 rings (SSSR count). The minimum atomic E-state index is -0.107. The highest BCUT2D eigenvalue weighted by Gasteiger charge is 2.30. The van der Waals surface area contributed by atoms with E-state index in [9.17, 15) is 4.79 Å². The Bertz CT molecular complexity index is 878. The highest BCUT2D eigenvalue weighted by molar-refractivity contribution is 7.20. The first-order chi connectivity index (χ1) is 12.2. The number of thiophene rings is 1. The van der Waals surface area contributed by atoms with E-state index in [0.29, 0.717) is 24.8 Å². The number of nitrogens with zero attached hydrogens (tertiary/aromatic N) is 3. The van der Waals surface area contributed by atoms with Crippen molar-refractivity contribution in [1.82, 2.24) is 14.9 Å². The van der Waals surface area contributed by atoms with Crippen LogP contribution < -0.4 is 9.47 Å². The molecule has 3 aromatic rings. The van der Waals surface area contributed by atoms with E-state index in [2.05, 4.69) is 9.97 Å². The Kier molecular flexibility index (Phi) is 4.23. The van der Waals surface area contributed by atoms with Crippen molar-refractivity contribution in [2.24, 2.45) is 0 Å². The first-order valence-electron chi connectivity index (χ1n) is 8.04. The fraction of sp³-hybridized carbons (Fsp3) is 0.278. The zero-order valence-corrected chi connectivity index (χ0v) is 14.5. The Balaban J connectivity index is 1.45. The van der Waals surface area contributed by atoms with Crippen LogP contribution in [0.1, 0.15) is 16.1 Å². The van der Waals surface area contributed by atoms with Gasteiger partial charge in [-0.1, -0.05) is 18.2 Å². The molecule has 1 aliphatic heterocycles. The summed E-state index contributed by atoms with van der Waals surface area (Å²) in [5, 5.41) is 1.10. The Morgan fingerprint density at radius 1 is 1.24 bits per heavy atom. The van der Waals surface area contributed by atoms with Crippen LogP contribution in [0.3, 0.4) is 0 Å². The number of methoxy groups -OCH3 is 1. The summed E-state index contributed by atoms with van der Waals surface area (Å²) in [7, 11) is 1.53. The summed E-state index contributed by atoms with van der Waals surface area (Å²) in [6.07, 6.45) is 3.77. The third-order valence-electron chi connectivity index (χ3n) is 4.17. The molecule has 0 N–H and O–H groups in total. The molecule has 7 heteroatoms. The molecule has 2 aromatic heterocycles. The van der Waals surface area contributed by atoms with E-state index in [0.717, 1.165) is 21.4 Å². The number of carbonyl (C=O) groups excluding carboxylic acids is 1. The third kappa shape index (κ3) is 3.15. The van der Waals surface area contributed by atoms with Crippen molar-refractivity contribution in [3.8, 4) is 11.8 Å². The van der Waals surface area contributed by atoms with Gasteiger partial charge in [-0.05, 0) is 17.5 Å². The van der Waals surface area contributed by atoms with Crippen molar-refractivity contribution in [3.63, 3.8) is 0 Å². The highest BCUT2D eigenvalue weighted by atomic mass is 32.1. The maximum Gasteiger partial charge on any atom is 0.278 e. The number of fused-ring (bicyclic) bond motifs is 1. The standard InChI is InChI=1S/C18H17N3O3S/c1-23-16-17(20-8-7-19-16)24-13-6-9-21(11-13)18(22)15-10-12-4-2-3-5-14(12)25-15/h2-5,7-8,10,13H,6,9,11H2,1H3. The molecule has 0 bridgehead atoms. The number of rotatable bonds is 4. The zero-order valence-electron chi connectivity index (χ0n) is 13.7. The van der Waals surface area contributed by atoms with Crippen molar-refractivity contribution in [2.75, 3.05) is 20.2 Å². The molecule has 1 aliphatic rings. The molecule has 128 valence electrons. The van der Waals surface area contributed by atoms with Crippen LogP contribution in [0.25, 0.3) is 10.1 Å². The second kappa shape index (κ2) is 6.68. The number of aromatic nitrogens is 2. The van der Waals surface area contributed by atoms with Crippen molar-refractivity contribution in [1.29, 1.82) is 0 Å².